The van der Waals surface area contributed by atoms with Gasteiger partial charge in [0, 0.05) is 0 Å². The number of nitrogens with zero attached hydrogens (tertiary/aromatic N) is 1. The van der Waals surface area contributed by atoms with E-state index in [2.05, 4.69) is 22.1 Å². The van der Waals surface area contributed by atoms with Gasteiger partial charge in [0.2, 0.25) is 0 Å². The fourth-order valence-corrected chi connectivity index (χ4v) is 0.461. The third-order valence-electron chi connectivity index (χ3n) is 0.875. The molecule has 0 spiro atoms. The SMILES string of the molecule is NN.NNc1ccc(F)cn1.O. The van der Waals surface area contributed by atoms with Crippen LogP contribution in [0.5, 0.6) is 0 Å². The van der Waals surface area contributed by atoms with E-state index in [4.69, 9.17) is 5.84 Å². The maximum Gasteiger partial charge on any atom is 0.141 e. The van der Waals surface area contributed by atoms with Gasteiger partial charge < -0.3 is 10.9 Å². The molecule has 70 valence electrons. The summed E-state index contributed by atoms with van der Waals surface area (Å²) in [6, 6.07) is 2.73. The molecule has 0 bridgehead atoms. The lowest BCUT2D eigenvalue weighted by molar-refractivity contribution is 0.622. The predicted molar refractivity (Wildman–Crippen MR) is 44.0 cm³/mol. The summed E-state index contributed by atoms with van der Waals surface area (Å²) < 4.78 is 12.1. The fourth-order valence-electron chi connectivity index (χ4n) is 0.461. The maximum atomic E-state index is 12.1. The minimum absolute atomic E-state index is 0. The molecule has 1 rings (SSSR count). The smallest absolute Gasteiger partial charge is 0.141 e. The van der Waals surface area contributed by atoms with Gasteiger partial charge in [0.15, 0.2) is 0 Å². The van der Waals surface area contributed by atoms with Crippen LogP contribution in [0.2, 0.25) is 0 Å². The molecule has 0 aliphatic carbocycles. The summed E-state index contributed by atoms with van der Waals surface area (Å²) in [5.74, 6) is 13.1. The number of aromatic nitrogens is 1. The summed E-state index contributed by atoms with van der Waals surface area (Å²) in [6.07, 6.45) is 1.09. The van der Waals surface area contributed by atoms with Crippen molar-refractivity contribution in [3.63, 3.8) is 0 Å². The molecule has 0 aliphatic heterocycles. The highest BCUT2D eigenvalue weighted by atomic mass is 19.1. The number of nitrogens with two attached hydrogens (primary N) is 3. The van der Waals surface area contributed by atoms with Crippen molar-refractivity contribution in [1.82, 2.24) is 4.98 Å². The number of halogens is 1. The lowest BCUT2D eigenvalue weighted by atomic mass is 10.4. The van der Waals surface area contributed by atoms with Crippen LogP contribution in [-0.4, -0.2) is 10.5 Å². The summed E-state index contributed by atoms with van der Waals surface area (Å²) in [5.41, 5.74) is 2.28. The summed E-state index contributed by atoms with van der Waals surface area (Å²) in [6.45, 7) is 0. The van der Waals surface area contributed by atoms with Crippen LogP contribution in [0.25, 0.3) is 0 Å². The molecule has 1 heterocycles. The van der Waals surface area contributed by atoms with Gasteiger partial charge in [-0.05, 0) is 12.1 Å². The Morgan fingerprint density at radius 2 is 1.92 bits per heavy atom. The predicted octanol–water partition coefficient (Wildman–Crippen LogP) is -1.50. The summed E-state index contributed by atoms with van der Waals surface area (Å²) >= 11 is 0. The van der Waals surface area contributed by atoms with Gasteiger partial charge in [-0.2, -0.15) is 0 Å². The van der Waals surface area contributed by atoms with Crippen LogP contribution in [-0.2, 0) is 0 Å². The molecule has 0 fully saturated rings. The van der Waals surface area contributed by atoms with E-state index in [1.54, 1.807) is 0 Å². The largest absolute Gasteiger partial charge is 0.412 e. The highest BCUT2D eigenvalue weighted by Crippen LogP contribution is 1.99. The van der Waals surface area contributed by atoms with Crippen LogP contribution in [0.1, 0.15) is 0 Å². The molecule has 1 aromatic heterocycles. The van der Waals surface area contributed by atoms with Crippen LogP contribution in [0, 0.1) is 5.82 Å². The first-order valence-corrected chi connectivity index (χ1v) is 2.74. The number of rotatable bonds is 1. The van der Waals surface area contributed by atoms with Gasteiger partial charge in [-0.25, -0.2) is 15.2 Å². The van der Waals surface area contributed by atoms with Crippen molar-refractivity contribution in [2.24, 2.45) is 17.5 Å². The number of hydrogen-bond acceptors (Lipinski definition) is 5. The van der Waals surface area contributed by atoms with Gasteiger partial charge in [-0.15, -0.1) is 0 Å². The Morgan fingerprint density at radius 3 is 2.25 bits per heavy atom. The van der Waals surface area contributed by atoms with E-state index in [1.807, 2.05) is 0 Å². The Labute approximate surface area is 68.8 Å². The van der Waals surface area contributed by atoms with Crippen LogP contribution in [0.4, 0.5) is 10.2 Å². The van der Waals surface area contributed by atoms with E-state index in [1.165, 1.54) is 12.1 Å². The van der Waals surface area contributed by atoms with Gasteiger partial charge in [0.1, 0.15) is 11.6 Å². The number of hydrogen-bond donors (Lipinski definition) is 4. The highest BCUT2D eigenvalue weighted by Gasteiger charge is 1.88. The second-order valence-corrected chi connectivity index (χ2v) is 1.51. The lowest BCUT2D eigenvalue weighted by Gasteiger charge is -1.94. The average molecular weight is 177 g/mol. The molecule has 1 aromatic rings. The average Bonchev–Trinajstić information content (AvgIpc) is 2.10. The lowest BCUT2D eigenvalue weighted by Crippen LogP contribution is -2.07. The van der Waals surface area contributed by atoms with Crippen molar-refractivity contribution >= 4 is 5.82 Å². The normalized spacial score (nSPS) is 7.33. The fraction of sp³-hybridized carbons (Fsp3) is 0. The second kappa shape index (κ2) is 7.82. The van der Waals surface area contributed by atoms with Crippen LogP contribution in [0.15, 0.2) is 18.3 Å². The maximum absolute atomic E-state index is 12.1. The zero-order chi connectivity index (χ0) is 8.69. The highest BCUT2D eigenvalue weighted by molar-refractivity contribution is 5.31. The molecular formula is C5H12FN5O. The summed E-state index contributed by atoms with van der Waals surface area (Å²) in [4.78, 5) is 3.59. The van der Waals surface area contributed by atoms with Crippen LogP contribution >= 0.6 is 0 Å². The Morgan fingerprint density at radius 1 is 1.33 bits per heavy atom. The molecule has 6 nitrogen and oxygen atoms in total. The molecule has 0 saturated heterocycles. The van der Waals surface area contributed by atoms with E-state index < -0.39 is 0 Å². The molecule has 9 N–H and O–H groups in total. The monoisotopic (exact) mass is 177 g/mol. The van der Waals surface area contributed by atoms with Gasteiger partial charge in [0.05, 0.1) is 6.20 Å². The molecule has 0 saturated carbocycles. The first-order chi connectivity index (χ1) is 5.33. The minimum Gasteiger partial charge on any atom is -0.412 e. The standard InChI is InChI=1S/C5H6FN3.H4N2.H2O/c6-4-1-2-5(9-7)8-3-4;1-2;/h1-3H,7H2,(H,8,9);1-2H2;1H2. The van der Waals surface area contributed by atoms with Gasteiger partial charge >= 0.3 is 0 Å². The van der Waals surface area contributed by atoms with Crippen LogP contribution in [0.3, 0.4) is 0 Å². The third kappa shape index (κ3) is 4.52. The molecule has 0 unspecified atom stereocenters. The van der Waals surface area contributed by atoms with Gasteiger partial charge in [-0.1, -0.05) is 0 Å². The molecule has 0 atom stereocenters. The van der Waals surface area contributed by atoms with E-state index in [9.17, 15) is 4.39 Å². The zero-order valence-corrected chi connectivity index (χ0v) is 6.29. The quantitative estimate of drug-likeness (QED) is 0.306. The molecule has 0 radical (unpaired) electrons. The van der Waals surface area contributed by atoms with Crippen molar-refractivity contribution in [2.75, 3.05) is 5.43 Å². The van der Waals surface area contributed by atoms with Crippen LogP contribution < -0.4 is 23.0 Å². The minimum atomic E-state index is -0.367. The third-order valence-corrected chi connectivity index (χ3v) is 0.875. The molecule has 0 aromatic carbocycles. The summed E-state index contributed by atoms with van der Waals surface area (Å²) in [5, 5.41) is 0. The molecule has 12 heavy (non-hydrogen) atoms. The van der Waals surface area contributed by atoms with Crippen molar-refractivity contribution in [2.45, 2.75) is 0 Å². The van der Waals surface area contributed by atoms with E-state index in [0.29, 0.717) is 5.82 Å². The van der Waals surface area contributed by atoms with Crippen molar-refractivity contribution in [3.05, 3.63) is 24.1 Å². The van der Waals surface area contributed by atoms with E-state index >= 15 is 0 Å². The number of nitrogen functional groups attached to an aromatic ring is 1. The van der Waals surface area contributed by atoms with Gasteiger partial charge in [0.25, 0.3) is 0 Å². The molecule has 0 aliphatic rings. The van der Waals surface area contributed by atoms with Crippen molar-refractivity contribution in [3.8, 4) is 0 Å². The topological polar surface area (TPSA) is 134 Å². The van der Waals surface area contributed by atoms with Crippen molar-refractivity contribution in [1.29, 1.82) is 0 Å². The first kappa shape index (κ1) is 13.3. The van der Waals surface area contributed by atoms with Gasteiger partial charge in [-0.3, -0.25) is 11.7 Å². The molecular weight excluding hydrogens is 165 g/mol. The Balaban J connectivity index is 0. The number of anilines is 1. The molecule has 7 heteroatoms. The Hall–Kier alpha value is -1.28. The number of pyridine rings is 1. The Bertz CT molecular complexity index is 192. The summed E-state index contributed by atoms with van der Waals surface area (Å²) in [7, 11) is 0. The molecule has 0 amide bonds. The number of hydrazine groups is 2. The second-order valence-electron chi connectivity index (χ2n) is 1.51. The van der Waals surface area contributed by atoms with E-state index in [0.717, 1.165) is 6.20 Å². The number of nitrogens with one attached hydrogen (secondary N) is 1. The first-order valence-electron chi connectivity index (χ1n) is 2.74. The van der Waals surface area contributed by atoms with Crippen molar-refractivity contribution < 1.29 is 9.87 Å². The Kier molecular flexibility index (Phi) is 8.68. The van der Waals surface area contributed by atoms with E-state index in [-0.39, 0.29) is 11.3 Å². The zero-order valence-electron chi connectivity index (χ0n) is 6.29.